The Morgan fingerprint density at radius 3 is 2.46 bits per heavy atom. The smallest absolute Gasteiger partial charge is 0.336 e. The van der Waals surface area contributed by atoms with Gasteiger partial charge in [0.15, 0.2) is 6.61 Å². The Balaban J connectivity index is 1.38. The molecule has 0 fully saturated rings. The van der Waals surface area contributed by atoms with E-state index in [1.807, 2.05) is 56.6 Å². The lowest BCUT2D eigenvalue weighted by Gasteiger charge is -2.15. The van der Waals surface area contributed by atoms with Crippen molar-refractivity contribution < 1.29 is 14.3 Å². The quantitative estimate of drug-likeness (QED) is 0.139. The lowest BCUT2D eigenvalue weighted by Crippen LogP contribution is -2.39. The van der Waals surface area contributed by atoms with Crippen LogP contribution < -0.4 is 21.3 Å². The summed E-state index contributed by atoms with van der Waals surface area (Å²) in [7, 11) is -1.14. The van der Waals surface area contributed by atoms with Crippen LogP contribution in [0.15, 0.2) is 94.8 Å². The van der Waals surface area contributed by atoms with Gasteiger partial charge in [-0.05, 0) is 55.3 Å². The molecule has 1 N–H and O–H groups in total. The van der Waals surface area contributed by atoms with Crippen LogP contribution in [0.3, 0.4) is 0 Å². The third kappa shape index (κ3) is 8.09. The summed E-state index contributed by atoms with van der Waals surface area (Å²) in [6.07, 6.45) is 3.78. The van der Waals surface area contributed by atoms with Crippen LogP contribution in [0.2, 0.25) is 25.7 Å². The largest absolute Gasteiger partial charge is 0.484 e. The van der Waals surface area contributed by atoms with E-state index < -0.39 is 19.3 Å². The normalized spacial score (nSPS) is 11.7. The average molecular weight is 640 g/mol. The number of hydrogen-bond acceptors (Lipinski definition) is 6. The number of fused-ring (bicyclic) bond motifs is 1. The zero-order valence-electron chi connectivity index (χ0n) is 27.0. The van der Waals surface area contributed by atoms with Gasteiger partial charge in [-0.1, -0.05) is 62.1 Å². The summed E-state index contributed by atoms with van der Waals surface area (Å²) in [5.74, 6) is 0.117. The zero-order chi connectivity index (χ0) is 32.8. The second-order valence-corrected chi connectivity index (χ2v) is 18.5. The number of hydrogen-bond donors (Lipinski definition) is 1. The molecule has 0 atom stereocenters. The monoisotopic (exact) mass is 639 g/mol. The van der Waals surface area contributed by atoms with E-state index in [9.17, 15) is 14.4 Å². The number of nitrogens with one attached hydrogen (secondary N) is 1. The second-order valence-electron chi connectivity index (χ2n) is 12.8. The van der Waals surface area contributed by atoms with Crippen LogP contribution in [0.25, 0.3) is 27.7 Å². The summed E-state index contributed by atoms with van der Waals surface area (Å²) in [4.78, 5) is 39.7. The Bertz CT molecular complexity index is 1940. The van der Waals surface area contributed by atoms with Gasteiger partial charge in [-0.15, -0.1) is 0 Å². The van der Waals surface area contributed by atoms with Crippen LogP contribution in [-0.2, 0) is 22.8 Å². The first kappa shape index (κ1) is 32.6. The van der Waals surface area contributed by atoms with E-state index in [-0.39, 0.29) is 25.1 Å². The molecule has 0 bridgehead atoms. The number of nitrogens with zero attached hydrogens (tertiary/aromatic N) is 4. The number of ether oxygens (including phenoxy) is 2. The van der Waals surface area contributed by atoms with E-state index in [2.05, 4.69) is 30.1 Å². The topological polar surface area (TPSA) is 109 Å². The molecule has 3 aromatic carbocycles. The average Bonchev–Trinajstić information content (AvgIpc) is 3.49. The van der Waals surface area contributed by atoms with Crippen molar-refractivity contribution >= 4 is 24.9 Å². The molecule has 2 heterocycles. The standard InChI is InChI=1S/C35H41N5O5Si/c1-25(2)37-33(41)23-45-30-10-8-9-29(19-30)40-34(42)31-11-6-7-12-32(31)39(35(40)43)21-26-13-15-27(16-14-26)28-20-36-38(22-28)24-44-17-18-46(3,4)5/h6-16,19-20,22,25H,17-18,21,23-24H2,1-5H3,(H,37,41). The fourth-order valence-corrected chi connectivity index (χ4v) is 5.79. The van der Waals surface area contributed by atoms with Gasteiger partial charge in [0.1, 0.15) is 12.5 Å². The van der Waals surface area contributed by atoms with Gasteiger partial charge < -0.3 is 14.8 Å². The molecule has 0 unspecified atom stereocenters. The first-order valence-corrected chi connectivity index (χ1v) is 19.2. The molecule has 11 heteroatoms. The summed E-state index contributed by atoms with van der Waals surface area (Å²) in [6.45, 7) is 11.9. The molecule has 5 rings (SSSR count). The number of amides is 1. The molecule has 0 radical (unpaired) electrons. The van der Waals surface area contributed by atoms with Crippen LogP contribution >= 0.6 is 0 Å². The maximum Gasteiger partial charge on any atom is 0.336 e. The van der Waals surface area contributed by atoms with Gasteiger partial charge in [0.25, 0.3) is 11.5 Å². The van der Waals surface area contributed by atoms with Crippen LogP contribution in [0.1, 0.15) is 19.4 Å². The number of benzene rings is 3. The number of carbonyl (C=O) groups excluding carboxylic acids is 1. The minimum Gasteiger partial charge on any atom is -0.484 e. The van der Waals surface area contributed by atoms with E-state index in [1.54, 1.807) is 51.7 Å². The Morgan fingerprint density at radius 2 is 1.72 bits per heavy atom. The Kier molecular flexibility index (Phi) is 10.0. The Hall–Kier alpha value is -4.74. The number of para-hydroxylation sites is 1. The minimum absolute atomic E-state index is 0.0123. The van der Waals surface area contributed by atoms with Gasteiger partial charge >= 0.3 is 5.69 Å². The highest BCUT2D eigenvalue weighted by Crippen LogP contribution is 2.21. The Morgan fingerprint density at radius 1 is 0.957 bits per heavy atom. The number of rotatable bonds is 13. The van der Waals surface area contributed by atoms with Gasteiger partial charge in [0, 0.05) is 38.5 Å². The first-order chi connectivity index (χ1) is 22.0. The van der Waals surface area contributed by atoms with Crippen LogP contribution in [0.4, 0.5) is 0 Å². The van der Waals surface area contributed by atoms with E-state index >= 15 is 0 Å². The molecule has 0 aliphatic heterocycles. The van der Waals surface area contributed by atoms with E-state index in [0.29, 0.717) is 29.1 Å². The molecule has 46 heavy (non-hydrogen) atoms. The molecule has 0 saturated carbocycles. The van der Waals surface area contributed by atoms with Crippen LogP contribution in [0.5, 0.6) is 5.75 Å². The molecule has 0 aliphatic carbocycles. The highest BCUT2D eigenvalue weighted by atomic mass is 28.3. The summed E-state index contributed by atoms with van der Waals surface area (Å²) in [5.41, 5.74) is 2.87. The summed E-state index contributed by atoms with van der Waals surface area (Å²) >= 11 is 0. The van der Waals surface area contributed by atoms with Crippen molar-refractivity contribution in [3.05, 3.63) is 112 Å². The highest BCUT2D eigenvalue weighted by Gasteiger charge is 2.16. The minimum atomic E-state index is -1.14. The van der Waals surface area contributed by atoms with Crippen molar-refractivity contribution in [3.63, 3.8) is 0 Å². The van der Waals surface area contributed by atoms with Crippen molar-refractivity contribution in [2.45, 2.75) is 58.9 Å². The fraction of sp³-hybridized carbons (Fsp3) is 0.314. The maximum absolute atomic E-state index is 14.0. The number of carbonyl (C=O) groups is 1. The highest BCUT2D eigenvalue weighted by molar-refractivity contribution is 6.76. The molecule has 0 saturated heterocycles. The molecule has 240 valence electrons. The van der Waals surface area contributed by atoms with Crippen molar-refractivity contribution in [2.75, 3.05) is 13.2 Å². The molecular formula is C35H41N5O5Si. The van der Waals surface area contributed by atoms with E-state index in [4.69, 9.17) is 9.47 Å². The van der Waals surface area contributed by atoms with Crippen LogP contribution in [-0.4, -0.2) is 52.2 Å². The molecule has 0 spiro atoms. The summed E-state index contributed by atoms with van der Waals surface area (Å²) in [5, 5.41) is 7.64. The molecule has 0 aliphatic rings. The molecule has 2 aromatic heterocycles. The lowest BCUT2D eigenvalue weighted by molar-refractivity contribution is -0.123. The van der Waals surface area contributed by atoms with E-state index in [1.165, 1.54) is 0 Å². The van der Waals surface area contributed by atoms with Gasteiger partial charge in [0.05, 0.1) is 29.3 Å². The van der Waals surface area contributed by atoms with Gasteiger partial charge in [-0.25, -0.2) is 14.0 Å². The van der Waals surface area contributed by atoms with Gasteiger partial charge in [0.2, 0.25) is 0 Å². The van der Waals surface area contributed by atoms with Crippen molar-refractivity contribution in [3.8, 4) is 22.6 Å². The fourth-order valence-electron chi connectivity index (χ4n) is 5.03. The zero-order valence-corrected chi connectivity index (χ0v) is 28.0. The van der Waals surface area contributed by atoms with Crippen molar-refractivity contribution in [1.82, 2.24) is 24.2 Å². The maximum atomic E-state index is 14.0. The van der Waals surface area contributed by atoms with Gasteiger partial charge in [-0.2, -0.15) is 5.10 Å². The van der Waals surface area contributed by atoms with Crippen molar-refractivity contribution in [1.29, 1.82) is 0 Å². The van der Waals surface area contributed by atoms with E-state index in [0.717, 1.165) is 33.9 Å². The molecular weight excluding hydrogens is 599 g/mol. The summed E-state index contributed by atoms with van der Waals surface area (Å²) < 4.78 is 16.0. The molecule has 1 amide bonds. The molecule has 10 nitrogen and oxygen atoms in total. The lowest BCUT2D eigenvalue weighted by atomic mass is 10.1. The third-order valence-corrected chi connectivity index (χ3v) is 9.13. The predicted molar refractivity (Wildman–Crippen MR) is 183 cm³/mol. The van der Waals surface area contributed by atoms with Gasteiger partial charge in [-0.3, -0.25) is 14.2 Å². The third-order valence-electron chi connectivity index (χ3n) is 7.43. The number of aromatic nitrogens is 4. The molecule has 5 aromatic rings. The summed E-state index contributed by atoms with van der Waals surface area (Å²) in [6, 6.07) is 22.8. The SMILES string of the molecule is CC(C)NC(=O)COc1cccc(-n2c(=O)c3ccccc3n(Cc3ccc(-c4cnn(COCC[Si](C)(C)C)c4)cc3)c2=O)c1. The first-order valence-electron chi connectivity index (χ1n) is 15.5. The van der Waals surface area contributed by atoms with Crippen LogP contribution in [0, 0.1) is 0 Å². The van der Waals surface area contributed by atoms with Crippen molar-refractivity contribution in [2.24, 2.45) is 0 Å². The second kappa shape index (κ2) is 14.1. The Labute approximate surface area is 269 Å². The predicted octanol–water partition coefficient (Wildman–Crippen LogP) is 5.28.